The fourth-order valence-corrected chi connectivity index (χ4v) is 3.16. The number of hydrogen-bond donors (Lipinski definition) is 1. The molecule has 1 heterocycles. The molecule has 1 fully saturated rings. The second kappa shape index (κ2) is 7.57. The van der Waals surface area contributed by atoms with Crippen molar-refractivity contribution in [3.63, 3.8) is 0 Å². The van der Waals surface area contributed by atoms with Crippen molar-refractivity contribution in [3.05, 3.63) is 0 Å². The summed E-state index contributed by atoms with van der Waals surface area (Å²) in [6.45, 7) is 8.78. The van der Waals surface area contributed by atoms with Crippen LogP contribution < -0.4 is 5.32 Å². The van der Waals surface area contributed by atoms with Crippen molar-refractivity contribution in [2.24, 2.45) is 5.92 Å². The first-order valence-corrected chi connectivity index (χ1v) is 7.78. The summed E-state index contributed by atoms with van der Waals surface area (Å²) in [4.78, 5) is 0. The van der Waals surface area contributed by atoms with Gasteiger partial charge in [0, 0.05) is 24.5 Å². The van der Waals surface area contributed by atoms with Crippen LogP contribution in [-0.4, -0.2) is 37.3 Å². The first-order chi connectivity index (χ1) is 7.72. The summed E-state index contributed by atoms with van der Waals surface area (Å²) in [7, 11) is 0. The fourth-order valence-electron chi connectivity index (χ4n) is 2.34. The maximum atomic E-state index is 5.45. The Labute approximate surface area is 105 Å². The molecule has 1 saturated heterocycles. The van der Waals surface area contributed by atoms with Crippen LogP contribution in [0.4, 0.5) is 0 Å². The molecule has 0 aromatic heterocycles. The van der Waals surface area contributed by atoms with Gasteiger partial charge < -0.3 is 10.1 Å². The minimum Gasteiger partial charge on any atom is -0.381 e. The highest BCUT2D eigenvalue weighted by molar-refractivity contribution is 8.00. The van der Waals surface area contributed by atoms with E-state index in [-0.39, 0.29) is 0 Å². The topological polar surface area (TPSA) is 21.3 Å². The molecule has 0 aromatic carbocycles. The normalized spacial score (nSPS) is 21.9. The molecular formula is C13H27NOS. The number of rotatable bonds is 7. The highest BCUT2D eigenvalue weighted by atomic mass is 32.2. The van der Waals surface area contributed by atoms with Gasteiger partial charge in [0.05, 0.1) is 0 Å². The van der Waals surface area contributed by atoms with E-state index in [1.165, 1.54) is 25.7 Å². The van der Waals surface area contributed by atoms with E-state index in [1.54, 1.807) is 0 Å². The molecule has 1 unspecified atom stereocenters. The molecule has 1 atom stereocenters. The van der Waals surface area contributed by atoms with Gasteiger partial charge in [-0.15, -0.1) is 0 Å². The van der Waals surface area contributed by atoms with E-state index in [0.29, 0.717) is 4.75 Å². The van der Waals surface area contributed by atoms with E-state index >= 15 is 0 Å². The van der Waals surface area contributed by atoms with Gasteiger partial charge in [0.2, 0.25) is 0 Å². The molecular weight excluding hydrogens is 218 g/mol. The van der Waals surface area contributed by atoms with Gasteiger partial charge in [-0.2, -0.15) is 11.8 Å². The van der Waals surface area contributed by atoms with Crippen LogP contribution in [-0.2, 0) is 4.74 Å². The zero-order chi connectivity index (χ0) is 11.9. The fraction of sp³-hybridized carbons (Fsp3) is 1.00. The quantitative estimate of drug-likeness (QED) is 0.745. The van der Waals surface area contributed by atoms with E-state index in [2.05, 4.69) is 25.4 Å². The Kier molecular flexibility index (Phi) is 6.78. The number of thioether (sulfide) groups is 1. The monoisotopic (exact) mass is 245 g/mol. The van der Waals surface area contributed by atoms with E-state index < -0.39 is 0 Å². The van der Waals surface area contributed by atoms with Gasteiger partial charge >= 0.3 is 0 Å². The summed E-state index contributed by atoms with van der Waals surface area (Å²) < 4.78 is 5.89. The Balaban J connectivity index is 2.22. The molecule has 96 valence electrons. The van der Waals surface area contributed by atoms with Crippen LogP contribution in [0.5, 0.6) is 0 Å². The lowest BCUT2D eigenvalue weighted by Crippen LogP contribution is -2.43. The van der Waals surface area contributed by atoms with Crippen molar-refractivity contribution < 1.29 is 4.74 Å². The Morgan fingerprint density at radius 1 is 1.38 bits per heavy atom. The van der Waals surface area contributed by atoms with Crippen molar-refractivity contribution in [2.45, 2.75) is 44.3 Å². The molecule has 0 aromatic rings. The molecule has 0 aliphatic carbocycles. The lowest BCUT2D eigenvalue weighted by Gasteiger charge is -2.36. The molecule has 2 nitrogen and oxygen atoms in total. The minimum absolute atomic E-state index is 0.435. The molecule has 1 N–H and O–H groups in total. The van der Waals surface area contributed by atoms with Gasteiger partial charge in [-0.25, -0.2) is 0 Å². The highest BCUT2D eigenvalue weighted by Gasteiger charge is 2.31. The van der Waals surface area contributed by atoms with Gasteiger partial charge in [0.1, 0.15) is 0 Å². The zero-order valence-corrected chi connectivity index (χ0v) is 11.9. The predicted molar refractivity (Wildman–Crippen MR) is 73.2 cm³/mol. The van der Waals surface area contributed by atoms with Gasteiger partial charge in [-0.1, -0.05) is 20.3 Å². The molecule has 1 rings (SSSR count). The summed E-state index contributed by atoms with van der Waals surface area (Å²) >= 11 is 2.02. The van der Waals surface area contributed by atoms with Crippen molar-refractivity contribution in [2.75, 3.05) is 32.6 Å². The van der Waals surface area contributed by atoms with E-state index in [9.17, 15) is 0 Å². The van der Waals surface area contributed by atoms with Crippen LogP contribution in [0.15, 0.2) is 0 Å². The largest absolute Gasteiger partial charge is 0.381 e. The number of ether oxygens (including phenoxy) is 1. The van der Waals surface area contributed by atoms with Crippen LogP contribution in [0.3, 0.4) is 0 Å². The Hall–Kier alpha value is 0.270. The summed E-state index contributed by atoms with van der Waals surface area (Å²) in [5.41, 5.74) is 0. The Bertz CT molecular complexity index is 181. The molecule has 0 radical (unpaired) electrons. The second-order valence-corrected chi connectivity index (χ2v) is 6.30. The third kappa shape index (κ3) is 4.64. The van der Waals surface area contributed by atoms with E-state index in [4.69, 9.17) is 4.74 Å². The van der Waals surface area contributed by atoms with Crippen LogP contribution >= 0.6 is 11.8 Å². The molecule has 16 heavy (non-hydrogen) atoms. The van der Waals surface area contributed by atoms with Crippen LogP contribution in [0.2, 0.25) is 0 Å². The van der Waals surface area contributed by atoms with E-state index in [1.807, 2.05) is 11.8 Å². The first-order valence-electron chi connectivity index (χ1n) is 6.56. The summed E-state index contributed by atoms with van der Waals surface area (Å²) in [5.74, 6) is 0.809. The Morgan fingerprint density at radius 2 is 2.06 bits per heavy atom. The number of nitrogens with one attached hydrogen (secondary N) is 1. The average Bonchev–Trinajstić information content (AvgIpc) is 2.31. The van der Waals surface area contributed by atoms with Gasteiger partial charge in [-0.05, 0) is 38.0 Å². The lowest BCUT2D eigenvalue weighted by molar-refractivity contribution is 0.0770. The summed E-state index contributed by atoms with van der Waals surface area (Å²) in [6.07, 6.45) is 7.27. The molecule has 3 heteroatoms. The molecule has 1 aliphatic rings. The molecule has 0 saturated carbocycles. The van der Waals surface area contributed by atoms with Gasteiger partial charge in [0.15, 0.2) is 0 Å². The third-order valence-electron chi connectivity index (χ3n) is 3.56. The van der Waals surface area contributed by atoms with Crippen molar-refractivity contribution in [3.8, 4) is 0 Å². The molecule has 0 bridgehead atoms. The average molecular weight is 245 g/mol. The Morgan fingerprint density at radius 3 is 2.62 bits per heavy atom. The maximum absolute atomic E-state index is 5.45. The zero-order valence-electron chi connectivity index (χ0n) is 11.1. The number of hydrogen-bond acceptors (Lipinski definition) is 3. The van der Waals surface area contributed by atoms with Gasteiger partial charge in [-0.3, -0.25) is 0 Å². The summed E-state index contributed by atoms with van der Waals surface area (Å²) in [5, 5.41) is 3.66. The predicted octanol–water partition coefficient (Wildman–Crippen LogP) is 2.92. The van der Waals surface area contributed by atoms with Crippen LogP contribution in [0, 0.1) is 5.92 Å². The van der Waals surface area contributed by atoms with Crippen molar-refractivity contribution in [1.29, 1.82) is 0 Å². The molecule has 0 amide bonds. The van der Waals surface area contributed by atoms with Crippen molar-refractivity contribution >= 4 is 11.8 Å². The minimum atomic E-state index is 0.435. The second-order valence-electron chi connectivity index (χ2n) is 5.02. The molecule has 1 aliphatic heterocycles. The smallest absolute Gasteiger partial charge is 0.0479 e. The lowest BCUT2D eigenvalue weighted by atomic mass is 9.98. The standard InChI is InChI=1S/C13H27NOS/c1-4-5-12(2)10-14-11-13(16-3)6-8-15-9-7-13/h12,14H,4-11H2,1-3H3. The van der Waals surface area contributed by atoms with Crippen LogP contribution in [0.1, 0.15) is 39.5 Å². The summed E-state index contributed by atoms with van der Waals surface area (Å²) in [6, 6.07) is 0. The van der Waals surface area contributed by atoms with E-state index in [0.717, 1.165) is 32.2 Å². The van der Waals surface area contributed by atoms with Crippen molar-refractivity contribution in [1.82, 2.24) is 5.32 Å². The SMILES string of the molecule is CCCC(C)CNCC1(SC)CCOCC1. The van der Waals surface area contributed by atoms with Crippen LogP contribution in [0.25, 0.3) is 0 Å². The van der Waals surface area contributed by atoms with Gasteiger partial charge in [0.25, 0.3) is 0 Å². The third-order valence-corrected chi connectivity index (χ3v) is 4.98. The first kappa shape index (κ1) is 14.3. The maximum Gasteiger partial charge on any atom is 0.0479 e. The molecule has 0 spiro atoms. The highest BCUT2D eigenvalue weighted by Crippen LogP contribution is 2.32.